The maximum atomic E-state index is 3.41. The van der Waals surface area contributed by atoms with E-state index in [2.05, 4.69) is 38.8 Å². The van der Waals surface area contributed by atoms with Gasteiger partial charge in [0.25, 0.3) is 0 Å². The lowest BCUT2D eigenvalue weighted by molar-refractivity contribution is 0.558. The first-order valence-electron chi connectivity index (χ1n) is 7.60. The van der Waals surface area contributed by atoms with E-state index in [1.54, 1.807) is 0 Å². The molecule has 0 saturated heterocycles. The lowest BCUT2D eigenvalue weighted by Crippen LogP contribution is -2.37. The van der Waals surface area contributed by atoms with Gasteiger partial charge in [-0.15, -0.1) is 0 Å². The lowest BCUT2D eigenvalue weighted by Gasteiger charge is -2.08. The van der Waals surface area contributed by atoms with Crippen molar-refractivity contribution in [3.8, 4) is 0 Å². The fourth-order valence-electron chi connectivity index (χ4n) is 1.60. The van der Waals surface area contributed by atoms with Crippen molar-refractivity contribution in [1.82, 2.24) is 31.9 Å². The van der Waals surface area contributed by atoms with Crippen LogP contribution in [0.3, 0.4) is 0 Å². The van der Waals surface area contributed by atoms with Crippen molar-refractivity contribution in [2.24, 2.45) is 0 Å². The molecule has 0 spiro atoms. The van der Waals surface area contributed by atoms with Gasteiger partial charge in [-0.1, -0.05) is 6.92 Å². The summed E-state index contributed by atoms with van der Waals surface area (Å²) in [5.41, 5.74) is 0. The van der Waals surface area contributed by atoms with Crippen molar-refractivity contribution in [1.29, 1.82) is 0 Å². The molecule has 0 amide bonds. The molecule has 0 fully saturated rings. The Morgan fingerprint density at radius 1 is 0.474 bits per heavy atom. The number of hydrogen-bond acceptors (Lipinski definition) is 6. The van der Waals surface area contributed by atoms with Crippen LogP contribution in [-0.4, -0.2) is 79.0 Å². The molecule has 0 aromatic heterocycles. The second kappa shape index (κ2) is 17.8. The molecule has 6 nitrogen and oxygen atoms in total. The van der Waals surface area contributed by atoms with E-state index in [9.17, 15) is 0 Å². The highest BCUT2D eigenvalue weighted by molar-refractivity contribution is 4.57. The molecule has 0 saturated carbocycles. The maximum Gasteiger partial charge on any atom is 0.00772 e. The molecule has 0 rings (SSSR count). The van der Waals surface area contributed by atoms with Crippen molar-refractivity contribution in [2.45, 2.75) is 6.92 Å². The molecule has 0 atom stereocenters. The zero-order chi connectivity index (χ0) is 14.0. The highest BCUT2D eigenvalue weighted by Gasteiger charge is 1.90. The second-order valence-corrected chi connectivity index (χ2v) is 4.46. The average Bonchev–Trinajstić information content (AvgIpc) is 2.43. The van der Waals surface area contributed by atoms with Crippen LogP contribution in [0.1, 0.15) is 6.92 Å². The van der Waals surface area contributed by atoms with Gasteiger partial charge in [-0.25, -0.2) is 0 Å². The van der Waals surface area contributed by atoms with Crippen molar-refractivity contribution in [3.63, 3.8) is 0 Å². The first-order valence-corrected chi connectivity index (χ1v) is 7.60. The summed E-state index contributed by atoms with van der Waals surface area (Å²) in [4.78, 5) is 0. The molecule has 0 heterocycles. The minimum atomic E-state index is 1.03. The van der Waals surface area contributed by atoms with E-state index in [0.717, 1.165) is 72.0 Å². The quantitative estimate of drug-likeness (QED) is 0.186. The Bertz CT molecular complexity index is 140. The smallest absolute Gasteiger partial charge is 0.00772 e. The van der Waals surface area contributed by atoms with Crippen LogP contribution in [0.15, 0.2) is 0 Å². The minimum absolute atomic E-state index is 1.03. The molecule has 0 aliphatic heterocycles. The van der Waals surface area contributed by atoms with Crippen molar-refractivity contribution >= 4 is 0 Å². The predicted octanol–water partition coefficient (Wildman–Crippen LogP) is -1.83. The third kappa shape index (κ3) is 17.8. The second-order valence-electron chi connectivity index (χ2n) is 4.46. The van der Waals surface area contributed by atoms with E-state index in [0.29, 0.717) is 0 Å². The normalized spacial score (nSPS) is 11.1. The van der Waals surface area contributed by atoms with E-state index >= 15 is 0 Å². The van der Waals surface area contributed by atoms with Crippen molar-refractivity contribution in [2.75, 3.05) is 79.0 Å². The number of nitrogens with one attached hydrogen (secondary N) is 6. The van der Waals surface area contributed by atoms with Gasteiger partial charge in [-0.05, 0) is 13.6 Å². The van der Waals surface area contributed by atoms with Gasteiger partial charge in [0.1, 0.15) is 0 Å². The summed E-state index contributed by atoms with van der Waals surface area (Å²) in [5.74, 6) is 0. The summed E-state index contributed by atoms with van der Waals surface area (Å²) < 4.78 is 0. The fourth-order valence-corrected chi connectivity index (χ4v) is 1.60. The first kappa shape index (κ1) is 18.8. The summed E-state index contributed by atoms with van der Waals surface area (Å²) >= 11 is 0. The molecule has 0 unspecified atom stereocenters. The topological polar surface area (TPSA) is 72.2 Å². The van der Waals surface area contributed by atoms with Gasteiger partial charge in [-0.2, -0.15) is 0 Å². The lowest BCUT2D eigenvalue weighted by atomic mass is 10.5. The summed E-state index contributed by atoms with van der Waals surface area (Å²) in [7, 11) is 1.97. The van der Waals surface area contributed by atoms with E-state index < -0.39 is 0 Å². The van der Waals surface area contributed by atoms with Crippen LogP contribution in [0.5, 0.6) is 0 Å². The van der Waals surface area contributed by atoms with Crippen LogP contribution in [0, 0.1) is 0 Å². The van der Waals surface area contributed by atoms with E-state index in [-0.39, 0.29) is 0 Å². The van der Waals surface area contributed by atoms with Crippen LogP contribution in [0.2, 0.25) is 0 Å². The SMILES string of the molecule is CCNCCNCCNCCNCCNCCNC. The minimum Gasteiger partial charge on any atom is -0.318 e. The molecule has 6 heteroatoms. The van der Waals surface area contributed by atoms with Crippen molar-refractivity contribution in [3.05, 3.63) is 0 Å². The standard InChI is InChI=1S/C13H34N6/c1-3-15-6-7-17-10-11-19-13-12-18-9-8-16-5-4-14-2/h14-19H,3-13H2,1-2H3. The van der Waals surface area contributed by atoms with Crippen LogP contribution in [-0.2, 0) is 0 Å². The molecule has 0 aromatic rings. The molecular formula is C13H34N6. The summed E-state index contributed by atoms with van der Waals surface area (Å²) in [5, 5.41) is 20.0. The Morgan fingerprint density at radius 3 is 1.11 bits per heavy atom. The Morgan fingerprint density at radius 2 is 0.789 bits per heavy atom. The van der Waals surface area contributed by atoms with Crippen LogP contribution in [0.4, 0.5) is 0 Å². The highest BCUT2D eigenvalue weighted by Crippen LogP contribution is 1.64. The highest BCUT2D eigenvalue weighted by atomic mass is 15.0. The van der Waals surface area contributed by atoms with Gasteiger partial charge < -0.3 is 31.9 Å². The zero-order valence-electron chi connectivity index (χ0n) is 12.8. The molecule has 116 valence electrons. The summed E-state index contributed by atoms with van der Waals surface area (Å²) in [6, 6.07) is 0. The number of rotatable bonds is 16. The van der Waals surface area contributed by atoms with Gasteiger partial charge in [0.2, 0.25) is 0 Å². The summed E-state index contributed by atoms with van der Waals surface area (Å²) in [6.07, 6.45) is 0. The van der Waals surface area contributed by atoms with E-state index in [1.165, 1.54) is 0 Å². The Hall–Kier alpha value is -0.240. The molecular weight excluding hydrogens is 240 g/mol. The average molecular weight is 274 g/mol. The Kier molecular flexibility index (Phi) is 17.5. The van der Waals surface area contributed by atoms with E-state index in [4.69, 9.17) is 0 Å². The largest absolute Gasteiger partial charge is 0.318 e. The third-order valence-corrected chi connectivity index (χ3v) is 2.72. The predicted molar refractivity (Wildman–Crippen MR) is 83.9 cm³/mol. The Labute approximate surface area is 118 Å². The van der Waals surface area contributed by atoms with Crippen LogP contribution in [0.25, 0.3) is 0 Å². The monoisotopic (exact) mass is 274 g/mol. The van der Waals surface area contributed by atoms with Gasteiger partial charge in [0.05, 0.1) is 0 Å². The molecule has 0 aliphatic rings. The van der Waals surface area contributed by atoms with Gasteiger partial charge >= 0.3 is 0 Å². The number of likely N-dealkylation sites (N-methyl/N-ethyl adjacent to an activating group) is 2. The van der Waals surface area contributed by atoms with Gasteiger partial charge in [0.15, 0.2) is 0 Å². The Balaban J connectivity index is 2.88. The first-order chi connectivity index (χ1) is 9.41. The summed E-state index contributed by atoms with van der Waals surface area (Å²) in [6.45, 7) is 13.6. The molecule has 0 aromatic carbocycles. The maximum absolute atomic E-state index is 3.41. The number of hydrogen-bond donors (Lipinski definition) is 6. The van der Waals surface area contributed by atoms with Crippen LogP contribution < -0.4 is 31.9 Å². The van der Waals surface area contributed by atoms with Crippen molar-refractivity contribution < 1.29 is 0 Å². The molecule has 0 radical (unpaired) electrons. The zero-order valence-corrected chi connectivity index (χ0v) is 12.8. The molecule has 6 N–H and O–H groups in total. The third-order valence-electron chi connectivity index (χ3n) is 2.72. The fraction of sp³-hybridized carbons (Fsp3) is 1.00. The van der Waals surface area contributed by atoms with E-state index in [1.807, 2.05) is 7.05 Å². The van der Waals surface area contributed by atoms with Crippen LogP contribution >= 0.6 is 0 Å². The molecule has 0 aliphatic carbocycles. The molecule has 0 bridgehead atoms. The van der Waals surface area contributed by atoms with Gasteiger partial charge in [0, 0.05) is 65.4 Å². The van der Waals surface area contributed by atoms with Gasteiger partial charge in [-0.3, -0.25) is 0 Å². The molecule has 19 heavy (non-hydrogen) atoms.